The first-order valence-corrected chi connectivity index (χ1v) is 7.52. The van der Waals surface area contributed by atoms with E-state index in [-0.39, 0.29) is 5.91 Å². The summed E-state index contributed by atoms with van der Waals surface area (Å²) in [5, 5.41) is 3.98. The third-order valence-electron chi connectivity index (χ3n) is 3.02. The van der Waals surface area contributed by atoms with Crippen LogP contribution in [0.5, 0.6) is 11.5 Å². The standard InChI is InChI=1S/C18H20N2O3/c1-3-22-16-11-9-14(10-12-16)18(21)20-19-13-15-7-5-6-8-17(15)23-4-2/h5-13H,3-4H2,1-2H3,(H,20,21). The zero-order valence-electron chi connectivity index (χ0n) is 13.3. The summed E-state index contributed by atoms with van der Waals surface area (Å²) in [6.45, 7) is 5.00. The van der Waals surface area contributed by atoms with E-state index < -0.39 is 0 Å². The number of carbonyl (C=O) groups is 1. The molecule has 0 unspecified atom stereocenters. The zero-order valence-corrected chi connectivity index (χ0v) is 13.3. The van der Waals surface area contributed by atoms with E-state index in [0.29, 0.717) is 18.8 Å². The highest BCUT2D eigenvalue weighted by atomic mass is 16.5. The van der Waals surface area contributed by atoms with Gasteiger partial charge in [0.15, 0.2) is 0 Å². The molecule has 0 saturated heterocycles. The summed E-state index contributed by atoms with van der Waals surface area (Å²) in [7, 11) is 0. The summed E-state index contributed by atoms with van der Waals surface area (Å²) in [6.07, 6.45) is 1.57. The Hall–Kier alpha value is -2.82. The van der Waals surface area contributed by atoms with Crippen LogP contribution in [0.1, 0.15) is 29.8 Å². The number of ether oxygens (including phenoxy) is 2. The summed E-state index contributed by atoms with van der Waals surface area (Å²) in [5.41, 5.74) is 3.83. The van der Waals surface area contributed by atoms with Crippen molar-refractivity contribution in [3.63, 3.8) is 0 Å². The number of nitrogens with zero attached hydrogens (tertiary/aromatic N) is 1. The van der Waals surface area contributed by atoms with Crippen molar-refractivity contribution in [2.75, 3.05) is 13.2 Å². The highest BCUT2D eigenvalue weighted by molar-refractivity contribution is 5.95. The molecule has 2 rings (SSSR count). The molecule has 0 fully saturated rings. The van der Waals surface area contributed by atoms with Crippen LogP contribution in [0, 0.1) is 0 Å². The fraction of sp³-hybridized carbons (Fsp3) is 0.222. The van der Waals surface area contributed by atoms with E-state index in [1.54, 1.807) is 30.5 Å². The first-order chi connectivity index (χ1) is 11.2. The average molecular weight is 312 g/mol. The predicted molar refractivity (Wildman–Crippen MR) is 90.3 cm³/mol. The van der Waals surface area contributed by atoms with E-state index in [1.807, 2.05) is 38.1 Å². The molecule has 1 N–H and O–H groups in total. The topological polar surface area (TPSA) is 59.9 Å². The van der Waals surface area contributed by atoms with E-state index in [0.717, 1.165) is 17.1 Å². The Morgan fingerprint density at radius 1 is 1.04 bits per heavy atom. The van der Waals surface area contributed by atoms with Gasteiger partial charge in [-0.1, -0.05) is 12.1 Å². The summed E-state index contributed by atoms with van der Waals surface area (Å²) >= 11 is 0. The minimum atomic E-state index is -0.279. The highest BCUT2D eigenvalue weighted by Gasteiger charge is 2.04. The number of para-hydroxylation sites is 1. The lowest BCUT2D eigenvalue weighted by Gasteiger charge is -2.06. The first kappa shape index (κ1) is 16.5. The van der Waals surface area contributed by atoms with Crippen LogP contribution in [-0.4, -0.2) is 25.3 Å². The van der Waals surface area contributed by atoms with Gasteiger partial charge in [-0.3, -0.25) is 4.79 Å². The lowest BCUT2D eigenvalue weighted by Crippen LogP contribution is -2.17. The third-order valence-corrected chi connectivity index (χ3v) is 3.02. The van der Waals surface area contributed by atoms with Gasteiger partial charge in [0, 0.05) is 11.1 Å². The molecule has 0 radical (unpaired) electrons. The molecule has 0 atom stereocenters. The van der Waals surface area contributed by atoms with E-state index in [2.05, 4.69) is 10.5 Å². The molecule has 0 aliphatic heterocycles. The number of hydrogen-bond acceptors (Lipinski definition) is 4. The van der Waals surface area contributed by atoms with Crippen LogP contribution >= 0.6 is 0 Å². The Morgan fingerprint density at radius 2 is 1.74 bits per heavy atom. The molecule has 0 aliphatic carbocycles. The maximum atomic E-state index is 12.0. The number of carbonyl (C=O) groups excluding carboxylic acids is 1. The van der Waals surface area contributed by atoms with Crippen LogP contribution in [0.25, 0.3) is 0 Å². The lowest BCUT2D eigenvalue weighted by atomic mass is 10.2. The van der Waals surface area contributed by atoms with Crippen LogP contribution in [0.15, 0.2) is 53.6 Å². The number of benzene rings is 2. The third kappa shape index (κ3) is 4.85. The molecule has 0 saturated carbocycles. The molecule has 1 amide bonds. The Balaban J connectivity index is 1.98. The van der Waals surface area contributed by atoms with Gasteiger partial charge in [0.1, 0.15) is 11.5 Å². The molecule has 0 aromatic heterocycles. The average Bonchev–Trinajstić information content (AvgIpc) is 2.57. The van der Waals surface area contributed by atoms with Crippen LogP contribution in [0.3, 0.4) is 0 Å². The molecule has 0 heterocycles. The fourth-order valence-electron chi connectivity index (χ4n) is 1.97. The smallest absolute Gasteiger partial charge is 0.271 e. The van der Waals surface area contributed by atoms with Gasteiger partial charge < -0.3 is 9.47 Å². The highest BCUT2D eigenvalue weighted by Crippen LogP contribution is 2.15. The van der Waals surface area contributed by atoms with Crippen LogP contribution in [-0.2, 0) is 0 Å². The summed E-state index contributed by atoms with van der Waals surface area (Å²) in [5.74, 6) is 1.19. The van der Waals surface area contributed by atoms with Gasteiger partial charge in [-0.25, -0.2) is 5.43 Å². The Bertz CT molecular complexity index is 666. The van der Waals surface area contributed by atoms with Crippen molar-refractivity contribution in [3.8, 4) is 11.5 Å². The molecule has 0 bridgehead atoms. The van der Waals surface area contributed by atoms with Crippen molar-refractivity contribution in [1.29, 1.82) is 0 Å². The first-order valence-electron chi connectivity index (χ1n) is 7.52. The second-order valence-electron chi connectivity index (χ2n) is 4.63. The zero-order chi connectivity index (χ0) is 16.5. The number of amides is 1. The second kappa shape index (κ2) is 8.58. The predicted octanol–water partition coefficient (Wildman–Crippen LogP) is 3.25. The van der Waals surface area contributed by atoms with E-state index in [4.69, 9.17) is 9.47 Å². The van der Waals surface area contributed by atoms with Crippen molar-refractivity contribution in [1.82, 2.24) is 5.43 Å². The largest absolute Gasteiger partial charge is 0.494 e. The van der Waals surface area contributed by atoms with Gasteiger partial charge in [-0.15, -0.1) is 0 Å². The molecule has 2 aromatic carbocycles. The van der Waals surface area contributed by atoms with E-state index in [1.165, 1.54) is 0 Å². The van der Waals surface area contributed by atoms with Gasteiger partial charge in [0.2, 0.25) is 0 Å². The number of nitrogens with one attached hydrogen (secondary N) is 1. The molecule has 5 nitrogen and oxygen atoms in total. The second-order valence-corrected chi connectivity index (χ2v) is 4.63. The van der Waals surface area contributed by atoms with Gasteiger partial charge in [0.05, 0.1) is 19.4 Å². The van der Waals surface area contributed by atoms with Crippen molar-refractivity contribution in [2.45, 2.75) is 13.8 Å². The summed E-state index contributed by atoms with van der Waals surface area (Å²) < 4.78 is 10.8. The van der Waals surface area contributed by atoms with Crippen LogP contribution < -0.4 is 14.9 Å². The van der Waals surface area contributed by atoms with Crippen molar-refractivity contribution < 1.29 is 14.3 Å². The van der Waals surface area contributed by atoms with Crippen LogP contribution in [0.4, 0.5) is 0 Å². The monoisotopic (exact) mass is 312 g/mol. The quantitative estimate of drug-likeness (QED) is 0.630. The van der Waals surface area contributed by atoms with Gasteiger partial charge in [0.25, 0.3) is 5.91 Å². The van der Waals surface area contributed by atoms with Gasteiger partial charge in [-0.2, -0.15) is 5.10 Å². The molecule has 0 aliphatic rings. The fourth-order valence-corrected chi connectivity index (χ4v) is 1.97. The number of hydrazone groups is 1. The lowest BCUT2D eigenvalue weighted by molar-refractivity contribution is 0.0955. The van der Waals surface area contributed by atoms with Gasteiger partial charge in [-0.05, 0) is 50.2 Å². The summed E-state index contributed by atoms with van der Waals surface area (Å²) in [4.78, 5) is 12.0. The maximum Gasteiger partial charge on any atom is 0.271 e. The van der Waals surface area contributed by atoms with Crippen molar-refractivity contribution >= 4 is 12.1 Å². The normalized spacial score (nSPS) is 10.5. The minimum Gasteiger partial charge on any atom is -0.494 e. The molecular formula is C18H20N2O3. The van der Waals surface area contributed by atoms with Crippen molar-refractivity contribution in [2.24, 2.45) is 5.10 Å². The van der Waals surface area contributed by atoms with Crippen molar-refractivity contribution in [3.05, 3.63) is 59.7 Å². The van der Waals surface area contributed by atoms with Gasteiger partial charge >= 0.3 is 0 Å². The van der Waals surface area contributed by atoms with E-state index in [9.17, 15) is 4.79 Å². The summed E-state index contributed by atoms with van der Waals surface area (Å²) in [6, 6.07) is 14.4. The maximum absolute atomic E-state index is 12.0. The Kier molecular flexibility index (Phi) is 6.17. The Morgan fingerprint density at radius 3 is 2.43 bits per heavy atom. The SMILES string of the molecule is CCOc1ccc(C(=O)NN=Cc2ccccc2OCC)cc1. The molecule has 120 valence electrons. The molecule has 2 aromatic rings. The minimum absolute atomic E-state index is 0.279. The molecule has 5 heteroatoms. The number of rotatable bonds is 7. The van der Waals surface area contributed by atoms with Crippen LogP contribution in [0.2, 0.25) is 0 Å². The molecular weight excluding hydrogens is 292 g/mol. The molecule has 0 spiro atoms. The molecule has 23 heavy (non-hydrogen) atoms. The Labute approximate surface area is 135 Å². The van der Waals surface area contributed by atoms with E-state index >= 15 is 0 Å². The number of hydrogen-bond donors (Lipinski definition) is 1.